The number of furan rings is 2. The van der Waals surface area contributed by atoms with Gasteiger partial charge in [-0.3, -0.25) is 4.99 Å². The predicted octanol–water partition coefficient (Wildman–Crippen LogP) is 10.3. The molecule has 1 aliphatic heterocycles. The smallest absolute Gasteiger partial charge is 0.178 e. The van der Waals surface area contributed by atoms with Crippen molar-refractivity contribution in [2.45, 2.75) is 25.4 Å². The zero-order chi connectivity index (χ0) is 28.5. The van der Waals surface area contributed by atoms with Gasteiger partial charge in [0.15, 0.2) is 11.2 Å². The van der Waals surface area contributed by atoms with E-state index in [0.717, 1.165) is 61.7 Å². The first-order valence-corrected chi connectivity index (χ1v) is 14.9. The third kappa shape index (κ3) is 3.73. The van der Waals surface area contributed by atoms with E-state index in [0.29, 0.717) is 0 Å². The number of allylic oxidation sites excluding steroid dienone is 2. The molecule has 0 fully saturated rings. The number of anilines is 1. The number of benzene rings is 5. The summed E-state index contributed by atoms with van der Waals surface area (Å²) in [6.45, 7) is 2.18. The van der Waals surface area contributed by atoms with Crippen LogP contribution in [0.1, 0.15) is 13.3 Å². The van der Waals surface area contributed by atoms with Crippen LogP contribution in [0.25, 0.3) is 66.1 Å². The monoisotopic (exact) mass is 556 g/mol. The third-order valence-corrected chi connectivity index (χ3v) is 8.95. The second-order valence-corrected chi connectivity index (χ2v) is 11.4. The minimum Gasteiger partial charge on any atom is -0.452 e. The van der Waals surface area contributed by atoms with Gasteiger partial charge in [0.2, 0.25) is 0 Å². The highest BCUT2D eigenvalue weighted by atomic mass is 16.4. The number of rotatable bonds is 4. The molecule has 0 radical (unpaired) electrons. The molecule has 2 unspecified atom stereocenters. The fraction of sp³-hybridized carbons (Fsp3) is 0.103. The SMILES string of the molecule is CCC1=NC2C=CC=CC2N1c1ccc(-c2ccc(-c3ccc4oc5c(ccc6c7ccccc7oc65)c4c3)cc2)cc1. The largest absolute Gasteiger partial charge is 0.452 e. The first-order valence-electron chi connectivity index (χ1n) is 14.9. The van der Waals surface area contributed by atoms with Crippen LogP contribution in [0.3, 0.4) is 0 Å². The van der Waals surface area contributed by atoms with Gasteiger partial charge in [-0.25, -0.2) is 0 Å². The normalized spacial score (nSPS) is 17.9. The summed E-state index contributed by atoms with van der Waals surface area (Å²) in [6.07, 6.45) is 9.60. The van der Waals surface area contributed by atoms with Gasteiger partial charge in [0.05, 0.1) is 12.1 Å². The third-order valence-electron chi connectivity index (χ3n) is 8.95. The highest BCUT2D eigenvalue weighted by molar-refractivity contribution is 6.19. The maximum Gasteiger partial charge on any atom is 0.178 e. The van der Waals surface area contributed by atoms with Crippen molar-refractivity contribution >= 4 is 55.4 Å². The topological polar surface area (TPSA) is 41.9 Å². The van der Waals surface area contributed by atoms with Crippen LogP contribution in [0.15, 0.2) is 141 Å². The number of nitrogens with zero attached hydrogens (tertiary/aromatic N) is 2. The van der Waals surface area contributed by atoms with Gasteiger partial charge >= 0.3 is 0 Å². The van der Waals surface area contributed by atoms with E-state index >= 15 is 0 Å². The van der Waals surface area contributed by atoms with E-state index in [2.05, 4.69) is 121 Å². The zero-order valence-electron chi connectivity index (χ0n) is 23.7. The van der Waals surface area contributed by atoms with Crippen molar-refractivity contribution in [2.24, 2.45) is 4.99 Å². The second kappa shape index (κ2) is 9.33. The first-order chi connectivity index (χ1) is 21.2. The van der Waals surface area contributed by atoms with Crippen molar-refractivity contribution in [3.63, 3.8) is 0 Å². The minimum atomic E-state index is 0.206. The Hall–Kier alpha value is -5.35. The number of para-hydroxylation sites is 1. The van der Waals surface area contributed by atoms with Crippen LogP contribution in [0.2, 0.25) is 0 Å². The van der Waals surface area contributed by atoms with Crippen LogP contribution >= 0.6 is 0 Å². The molecule has 0 saturated carbocycles. The fourth-order valence-electron chi connectivity index (χ4n) is 6.80. The average molecular weight is 557 g/mol. The van der Waals surface area contributed by atoms with E-state index in [1.54, 1.807) is 0 Å². The highest BCUT2D eigenvalue weighted by Gasteiger charge is 2.33. The molecule has 1 aliphatic carbocycles. The first kappa shape index (κ1) is 24.3. The lowest BCUT2D eigenvalue weighted by Gasteiger charge is -2.28. The molecule has 0 saturated heterocycles. The molecule has 2 aromatic heterocycles. The van der Waals surface area contributed by atoms with E-state index in [-0.39, 0.29) is 12.1 Å². The van der Waals surface area contributed by atoms with Gasteiger partial charge in [-0.1, -0.05) is 91.9 Å². The molecule has 0 amide bonds. The Bertz CT molecular complexity index is 2280. The molecule has 0 bridgehead atoms. The summed E-state index contributed by atoms with van der Waals surface area (Å²) in [4.78, 5) is 7.34. The minimum absolute atomic E-state index is 0.206. The van der Waals surface area contributed by atoms with Gasteiger partial charge in [0, 0.05) is 33.7 Å². The summed E-state index contributed by atoms with van der Waals surface area (Å²) in [5, 5.41) is 4.35. The molecule has 0 spiro atoms. The second-order valence-electron chi connectivity index (χ2n) is 11.4. The summed E-state index contributed by atoms with van der Waals surface area (Å²) in [5.41, 5.74) is 9.27. The van der Waals surface area contributed by atoms with Crippen LogP contribution in [0.5, 0.6) is 0 Å². The van der Waals surface area contributed by atoms with E-state index in [9.17, 15) is 0 Å². The highest BCUT2D eigenvalue weighted by Crippen LogP contribution is 2.40. The lowest BCUT2D eigenvalue weighted by atomic mass is 9.98. The predicted molar refractivity (Wildman–Crippen MR) is 178 cm³/mol. The van der Waals surface area contributed by atoms with Crippen molar-refractivity contribution in [1.82, 2.24) is 0 Å². The number of hydrogen-bond donors (Lipinski definition) is 0. The van der Waals surface area contributed by atoms with Crippen molar-refractivity contribution < 1.29 is 8.83 Å². The van der Waals surface area contributed by atoms with Gasteiger partial charge in [-0.15, -0.1) is 0 Å². The standard InChI is InChI=1S/C39H28N2O2/c1-2-37-40-33-8-4-5-9-34(33)41(37)28-18-15-25(16-19-28)24-11-13-26(14-12-24)27-17-22-36-32(23-27)31-21-20-30-29-7-3-6-10-35(29)42-38(30)39(31)43-36/h3-23,33-34H,2H2,1H3. The summed E-state index contributed by atoms with van der Waals surface area (Å²) in [6, 6.07) is 37.0. The molecule has 2 aliphatic rings. The molecular formula is C39H28N2O2. The molecule has 4 heteroatoms. The number of aliphatic imine (C=N–C) groups is 1. The lowest BCUT2D eigenvalue weighted by molar-refractivity contribution is 0.633. The van der Waals surface area contributed by atoms with Gasteiger partial charge in [0.1, 0.15) is 17.0 Å². The van der Waals surface area contributed by atoms with Crippen LogP contribution in [-0.4, -0.2) is 17.9 Å². The van der Waals surface area contributed by atoms with Gasteiger partial charge in [-0.2, -0.15) is 0 Å². The van der Waals surface area contributed by atoms with Crippen LogP contribution in [0.4, 0.5) is 5.69 Å². The summed E-state index contributed by atoms with van der Waals surface area (Å²) >= 11 is 0. The van der Waals surface area contributed by atoms with Crippen molar-refractivity contribution in [3.05, 3.63) is 127 Å². The number of fused-ring (bicyclic) bond motifs is 8. The number of amidine groups is 1. The van der Waals surface area contributed by atoms with Crippen molar-refractivity contribution in [1.29, 1.82) is 0 Å². The lowest BCUT2D eigenvalue weighted by Crippen LogP contribution is -2.38. The van der Waals surface area contributed by atoms with E-state index in [1.807, 2.05) is 18.2 Å². The molecule has 7 aromatic rings. The average Bonchev–Trinajstić information content (AvgIpc) is 3.75. The molecule has 43 heavy (non-hydrogen) atoms. The van der Waals surface area contributed by atoms with Crippen LogP contribution in [-0.2, 0) is 0 Å². The Balaban J connectivity index is 1.02. The van der Waals surface area contributed by atoms with E-state index in [4.69, 9.17) is 13.8 Å². The molecular weight excluding hydrogens is 528 g/mol. The van der Waals surface area contributed by atoms with Gasteiger partial charge < -0.3 is 13.7 Å². The quantitative estimate of drug-likeness (QED) is 0.217. The fourth-order valence-corrected chi connectivity index (χ4v) is 6.80. The van der Waals surface area contributed by atoms with Crippen molar-refractivity contribution in [2.75, 3.05) is 4.90 Å². The Morgan fingerprint density at radius 3 is 1.95 bits per heavy atom. The molecule has 4 nitrogen and oxygen atoms in total. The van der Waals surface area contributed by atoms with E-state index < -0.39 is 0 Å². The van der Waals surface area contributed by atoms with Crippen LogP contribution in [0, 0.1) is 0 Å². The van der Waals surface area contributed by atoms with Gasteiger partial charge in [-0.05, 0) is 64.7 Å². The Morgan fingerprint density at radius 2 is 1.21 bits per heavy atom. The zero-order valence-corrected chi connectivity index (χ0v) is 23.7. The maximum atomic E-state index is 6.34. The maximum absolute atomic E-state index is 6.34. The molecule has 3 heterocycles. The molecule has 2 atom stereocenters. The molecule has 5 aromatic carbocycles. The van der Waals surface area contributed by atoms with Crippen molar-refractivity contribution in [3.8, 4) is 22.3 Å². The summed E-state index contributed by atoms with van der Waals surface area (Å²) < 4.78 is 12.6. The molecule has 206 valence electrons. The Morgan fingerprint density at radius 1 is 0.605 bits per heavy atom. The van der Waals surface area contributed by atoms with E-state index in [1.165, 1.54) is 22.4 Å². The Labute approximate surface area is 248 Å². The Kier molecular flexibility index (Phi) is 5.27. The summed E-state index contributed by atoms with van der Waals surface area (Å²) in [7, 11) is 0. The molecule has 9 rings (SSSR count). The van der Waals surface area contributed by atoms with Crippen LogP contribution < -0.4 is 4.90 Å². The number of hydrogen-bond acceptors (Lipinski definition) is 4. The molecule has 0 N–H and O–H groups in total. The van der Waals surface area contributed by atoms with Gasteiger partial charge in [0.25, 0.3) is 0 Å². The summed E-state index contributed by atoms with van der Waals surface area (Å²) in [5.74, 6) is 1.15.